The number of nitrogens with zero attached hydrogens (tertiary/aromatic N) is 5. The van der Waals surface area contributed by atoms with Crippen LogP contribution in [0.3, 0.4) is 0 Å². The van der Waals surface area contributed by atoms with E-state index in [1.165, 1.54) is 7.11 Å². The lowest BCUT2D eigenvalue weighted by atomic mass is 9.67. The molecule has 2 aromatic rings. The number of hydrogen-bond acceptors (Lipinski definition) is 9. The van der Waals surface area contributed by atoms with E-state index in [0.717, 1.165) is 24.0 Å². The molecule has 0 saturated carbocycles. The molecule has 1 saturated heterocycles. The second-order valence-corrected chi connectivity index (χ2v) is 10.9. The molecular weight excluding hydrogens is 514 g/mol. The van der Waals surface area contributed by atoms with Crippen LogP contribution < -0.4 is 4.90 Å². The molecule has 0 spiro atoms. The second-order valence-electron chi connectivity index (χ2n) is 10.6. The number of aryl methyl sites for hydroxylation is 1. The largest absolute Gasteiger partial charge is 0.468 e. The molecule has 1 aromatic carbocycles. The van der Waals surface area contributed by atoms with Crippen molar-refractivity contribution in [2.24, 2.45) is 0 Å². The number of methoxy groups -OCH3 is 1. The third kappa shape index (κ3) is 5.52. The van der Waals surface area contributed by atoms with E-state index in [0.29, 0.717) is 19.5 Å². The smallest absolute Gasteiger partial charge is 0.410 e. The number of esters is 1. The highest BCUT2D eigenvalue weighted by molar-refractivity contribution is 6.28. The summed E-state index contributed by atoms with van der Waals surface area (Å²) in [4.78, 5) is 49.4. The number of amides is 1. The van der Waals surface area contributed by atoms with Crippen molar-refractivity contribution >= 4 is 35.2 Å². The van der Waals surface area contributed by atoms with Crippen molar-refractivity contribution in [3.8, 4) is 0 Å². The molecule has 1 aliphatic carbocycles. The molecule has 0 bridgehead atoms. The van der Waals surface area contributed by atoms with Crippen LogP contribution in [0, 0.1) is 10.1 Å². The lowest BCUT2D eigenvalue weighted by molar-refractivity contribution is -0.385. The predicted molar refractivity (Wildman–Crippen MR) is 140 cm³/mol. The van der Waals surface area contributed by atoms with Crippen molar-refractivity contribution in [3.63, 3.8) is 0 Å². The zero-order valence-electron chi connectivity index (χ0n) is 22.0. The highest BCUT2D eigenvalue weighted by atomic mass is 35.5. The molecule has 1 atom stereocenters. The van der Waals surface area contributed by atoms with Gasteiger partial charge in [0, 0.05) is 32.6 Å². The van der Waals surface area contributed by atoms with Gasteiger partial charge in [0.05, 0.1) is 17.4 Å². The third-order valence-electron chi connectivity index (χ3n) is 6.95. The van der Waals surface area contributed by atoms with Crippen molar-refractivity contribution < 1.29 is 24.0 Å². The van der Waals surface area contributed by atoms with Crippen LogP contribution in [-0.2, 0) is 32.5 Å². The second kappa shape index (κ2) is 10.7. The number of rotatable bonds is 5. The fourth-order valence-corrected chi connectivity index (χ4v) is 5.47. The number of anilines is 1. The molecule has 38 heavy (non-hydrogen) atoms. The SMILES string of the molecule is COC(=O)C1(Cc2nc(Cl)nc(N3CCN(C(=O)OC(C)(C)C)CC3)c2[N+](=O)[O-])CCCc2ccccc21. The Bertz CT molecular complexity index is 1240. The molecule has 0 radical (unpaired) electrons. The van der Waals surface area contributed by atoms with Crippen LogP contribution in [0.4, 0.5) is 16.3 Å². The molecule has 1 fully saturated rings. The van der Waals surface area contributed by atoms with E-state index >= 15 is 0 Å². The number of halogens is 1. The first-order valence-electron chi connectivity index (χ1n) is 12.6. The van der Waals surface area contributed by atoms with Gasteiger partial charge in [-0.25, -0.2) is 9.78 Å². The lowest BCUT2D eigenvalue weighted by Gasteiger charge is -2.37. The molecular formula is C26H32ClN5O6. The van der Waals surface area contributed by atoms with Crippen LogP contribution in [0.2, 0.25) is 5.28 Å². The summed E-state index contributed by atoms with van der Waals surface area (Å²) in [5.74, 6) is -0.404. The summed E-state index contributed by atoms with van der Waals surface area (Å²) in [5, 5.41) is 12.3. The van der Waals surface area contributed by atoms with Gasteiger partial charge in [-0.2, -0.15) is 4.98 Å². The quantitative estimate of drug-likeness (QED) is 0.236. The average molecular weight is 546 g/mol. The Labute approximate surface area is 226 Å². The van der Waals surface area contributed by atoms with Gasteiger partial charge in [0.25, 0.3) is 0 Å². The van der Waals surface area contributed by atoms with Gasteiger partial charge in [0.2, 0.25) is 11.1 Å². The van der Waals surface area contributed by atoms with Gasteiger partial charge in [-0.05, 0) is 62.8 Å². The Morgan fingerprint density at radius 3 is 2.47 bits per heavy atom. The van der Waals surface area contributed by atoms with Gasteiger partial charge >= 0.3 is 17.7 Å². The molecule has 1 unspecified atom stereocenters. The Kier molecular flexibility index (Phi) is 7.78. The number of ether oxygens (including phenoxy) is 2. The van der Waals surface area contributed by atoms with Crippen LogP contribution in [0.1, 0.15) is 50.4 Å². The summed E-state index contributed by atoms with van der Waals surface area (Å²) in [5.41, 5.74) is -0.207. The minimum Gasteiger partial charge on any atom is -0.468 e. The number of aromatic nitrogens is 2. The normalized spacial score (nSPS) is 19.5. The van der Waals surface area contributed by atoms with Gasteiger partial charge in [0.15, 0.2) is 0 Å². The minimum atomic E-state index is -1.14. The van der Waals surface area contributed by atoms with Gasteiger partial charge in [-0.3, -0.25) is 14.9 Å². The summed E-state index contributed by atoms with van der Waals surface area (Å²) in [7, 11) is 1.32. The van der Waals surface area contributed by atoms with Gasteiger partial charge in [-0.15, -0.1) is 0 Å². The minimum absolute atomic E-state index is 0.0554. The van der Waals surface area contributed by atoms with Gasteiger partial charge < -0.3 is 19.3 Å². The maximum Gasteiger partial charge on any atom is 0.410 e. The maximum absolute atomic E-state index is 13.3. The zero-order chi connectivity index (χ0) is 27.7. The lowest BCUT2D eigenvalue weighted by Crippen LogP contribution is -2.50. The van der Waals surface area contributed by atoms with E-state index in [1.807, 2.05) is 24.3 Å². The van der Waals surface area contributed by atoms with Crippen molar-refractivity contribution in [1.82, 2.24) is 14.9 Å². The first kappa shape index (κ1) is 27.6. The van der Waals surface area contributed by atoms with Crippen LogP contribution in [0.15, 0.2) is 24.3 Å². The molecule has 4 rings (SSSR count). The predicted octanol–water partition coefficient (Wildman–Crippen LogP) is 4.09. The van der Waals surface area contributed by atoms with Gasteiger partial charge in [0.1, 0.15) is 11.3 Å². The molecule has 1 aliphatic heterocycles. The number of carbonyl (C=O) groups excluding carboxylic acids is 2. The molecule has 12 heteroatoms. The van der Waals surface area contributed by atoms with Crippen molar-refractivity contribution in [1.29, 1.82) is 0 Å². The third-order valence-corrected chi connectivity index (χ3v) is 7.12. The fourth-order valence-electron chi connectivity index (χ4n) is 5.29. The molecule has 1 amide bonds. The molecule has 204 valence electrons. The maximum atomic E-state index is 13.3. The first-order valence-corrected chi connectivity index (χ1v) is 12.9. The van der Waals surface area contributed by atoms with E-state index in [4.69, 9.17) is 21.1 Å². The number of fused-ring (bicyclic) bond motifs is 1. The van der Waals surface area contributed by atoms with Crippen LogP contribution in [-0.4, -0.2) is 70.7 Å². The van der Waals surface area contributed by atoms with E-state index in [9.17, 15) is 19.7 Å². The number of piperazine rings is 1. The fraction of sp³-hybridized carbons (Fsp3) is 0.538. The Balaban J connectivity index is 1.69. The van der Waals surface area contributed by atoms with Crippen LogP contribution in [0.25, 0.3) is 0 Å². The topological polar surface area (TPSA) is 128 Å². The zero-order valence-corrected chi connectivity index (χ0v) is 22.8. The van der Waals surface area contributed by atoms with Gasteiger partial charge in [-0.1, -0.05) is 24.3 Å². The summed E-state index contributed by atoms with van der Waals surface area (Å²) in [6, 6.07) is 7.59. The first-order chi connectivity index (χ1) is 17.9. The van der Waals surface area contributed by atoms with Crippen LogP contribution >= 0.6 is 11.6 Å². The molecule has 2 heterocycles. The number of nitro groups is 1. The van der Waals surface area contributed by atoms with E-state index < -0.39 is 28.0 Å². The molecule has 0 N–H and O–H groups in total. The number of benzene rings is 1. The Morgan fingerprint density at radius 2 is 1.84 bits per heavy atom. The Hall–Kier alpha value is -3.47. The average Bonchev–Trinajstić information content (AvgIpc) is 2.87. The summed E-state index contributed by atoms with van der Waals surface area (Å²) >= 11 is 6.30. The molecule has 1 aromatic heterocycles. The number of hydrogen-bond donors (Lipinski definition) is 0. The van der Waals surface area contributed by atoms with E-state index in [2.05, 4.69) is 9.97 Å². The van der Waals surface area contributed by atoms with Crippen LogP contribution in [0.5, 0.6) is 0 Å². The van der Waals surface area contributed by atoms with E-state index in [1.54, 1.807) is 30.6 Å². The van der Waals surface area contributed by atoms with E-state index in [-0.39, 0.29) is 42.0 Å². The monoisotopic (exact) mass is 545 g/mol. The summed E-state index contributed by atoms with van der Waals surface area (Å²) in [6.45, 7) is 6.54. The summed E-state index contributed by atoms with van der Waals surface area (Å²) < 4.78 is 10.7. The standard InChI is InChI=1S/C26H32ClN5O6/c1-25(2,3)38-24(34)31-14-12-30(13-15-31)21-20(32(35)36)19(28-23(27)29-21)16-26(22(33)37-4)11-7-9-17-8-5-6-10-18(17)26/h5-6,8,10H,7,9,11-16H2,1-4H3. The van der Waals surface area contributed by atoms with Crippen molar-refractivity contribution in [2.45, 2.75) is 57.5 Å². The van der Waals surface area contributed by atoms with Crippen molar-refractivity contribution in [2.75, 3.05) is 38.2 Å². The molecule has 11 nitrogen and oxygen atoms in total. The molecule has 2 aliphatic rings. The van der Waals surface area contributed by atoms with Crippen molar-refractivity contribution in [3.05, 3.63) is 56.5 Å². The highest BCUT2D eigenvalue weighted by Crippen LogP contribution is 2.43. The highest BCUT2D eigenvalue weighted by Gasteiger charge is 2.47. The Morgan fingerprint density at radius 1 is 1.16 bits per heavy atom. The summed E-state index contributed by atoms with van der Waals surface area (Å²) in [6.07, 6.45) is 1.48. The number of carbonyl (C=O) groups is 2.